The fourth-order valence-electron chi connectivity index (χ4n) is 1.78. The van der Waals surface area contributed by atoms with E-state index < -0.39 is 4.92 Å². The van der Waals surface area contributed by atoms with Crippen LogP contribution < -0.4 is 4.74 Å². The fraction of sp³-hybridized carbons (Fsp3) is 0.143. The van der Waals surface area contributed by atoms with Crippen molar-refractivity contribution in [3.63, 3.8) is 0 Å². The van der Waals surface area contributed by atoms with Gasteiger partial charge >= 0.3 is 5.69 Å². The van der Waals surface area contributed by atoms with Gasteiger partial charge in [-0.2, -0.15) is 0 Å². The van der Waals surface area contributed by atoms with Gasteiger partial charge in [-0.25, -0.2) is 0 Å². The van der Waals surface area contributed by atoms with E-state index in [9.17, 15) is 15.2 Å². The molecule has 0 heterocycles. The third-order valence-electron chi connectivity index (χ3n) is 2.80. The van der Waals surface area contributed by atoms with Crippen molar-refractivity contribution in [3.8, 4) is 11.5 Å². The molecule has 0 aromatic heterocycles. The summed E-state index contributed by atoms with van der Waals surface area (Å²) in [5.41, 5.74) is 1.11. The largest absolute Gasteiger partial charge is 0.449 e. The predicted molar refractivity (Wildman–Crippen MR) is 78.0 cm³/mol. The molecule has 0 aliphatic heterocycles. The van der Waals surface area contributed by atoms with Gasteiger partial charge in [0.05, 0.1) is 11.5 Å². The molecule has 2 rings (SSSR count). The Morgan fingerprint density at radius 3 is 2.75 bits per heavy atom. The molecule has 0 unspecified atom stereocenters. The van der Waals surface area contributed by atoms with Gasteiger partial charge in [-0.3, -0.25) is 10.1 Å². The number of aryl methyl sites for hydroxylation is 1. The summed E-state index contributed by atoms with van der Waals surface area (Å²) in [4.78, 5) is 10.6. The zero-order valence-electron chi connectivity index (χ0n) is 10.7. The summed E-state index contributed by atoms with van der Waals surface area (Å²) in [5.74, 6) is 0.574. The first kappa shape index (κ1) is 14.5. The highest BCUT2D eigenvalue weighted by atomic mass is 79.9. The highest BCUT2D eigenvalue weighted by molar-refractivity contribution is 9.10. The van der Waals surface area contributed by atoms with Crippen molar-refractivity contribution in [1.82, 2.24) is 0 Å². The molecular formula is C14H12BrNO4. The lowest BCUT2D eigenvalue weighted by molar-refractivity contribution is -0.385. The van der Waals surface area contributed by atoms with Crippen molar-refractivity contribution in [3.05, 3.63) is 62.1 Å². The van der Waals surface area contributed by atoms with Crippen molar-refractivity contribution in [1.29, 1.82) is 0 Å². The number of halogens is 1. The summed E-state index contributed by atoms with van der Waals surface area (Å²) in [6, 6.07) is 9.86. The molecule has 0 spiro atoms. The van der Waals surface area contributed by atoms with Crippen molar-refractivity contribution < 1.29 is 14.8 Å². The van der Waals surface area contributed by atoms with Crippen LogP contribution in [0.5, 0.6) is 11.5 Å². The lowest BCUT2D eigenvalue weighted by Crippen LogP contribution is -1.98. The molecule has 0 aliphatic rings. The van der Waals surface area contributed by atoms with Gasteiger partial charge in [0.2, 0.25) is 5.75 Å². The minimum absolute atomic E-state index is 0.103. The number of aliphatic hydroxyl groups excluding tert-OH is 1. The minimum atomic E-state index is -0.487. The average molecular weight is 338 g/mol. The van der Waals surface area contributed by atoms with E-state index in [4.69, 9.17) is 4.74 Å². The van der Waals surface area contributed by atoms with Crippen LogP contribution in [-0.2, 0) is 6.61 Å². The maximum atomic E-state index is 11.1. The topological polar surface area (TPSA) is 72.6 Å². The van der Waals surface area contributed by atoms with Gasteiger partial charge in [-0.05, 0) is 24.6 Å². The molecule has 0 bridgehead atoms. The number of nitrogens with zero attached hydrogens (tertiary/aromatic N) is 1. The molecule has 1 N–H and O–H groups in total. The van der Waals surface area contributed by atoms with Crippen molar-refractivity contribution in [2.24, 2.45) is 0 Å². The Morgan fingerprint density at radius 2 is 2.10 bits per heavy atom. The van der Waals surface area contributed by atoms with Gasteiger partial charge in [-0.15, -0.1) is 0 Å². The second-order valence-corrected chi connectivity index (χ2v) is 5.11. The van der Waals surface area contributed by atoms with Crippen LogP contribution in [0, 0.1) is 17.0 Å². The van der Waals surface area contributed by atoms with Gasteiger partial charge in [0, 0.05) is 16.1 Å². The molecule has 0 saturated carbocycles. The van der Waals surface area contributed by atoms with E-state index in [-0.39, 0.29) is 18.0 Å². The minimum Gasteiger partial charge on any atom is -0.449 e. The standard InChI is InChI=1S/C14H12BrNO4/c1-9-3-2-4-12(16(18)19)14(9)20-13-7-11(15)6-5-10(13)8-17/h2-7,17H,8H2,1H3. The molecular weight excluding hydrogens is 326 g/mol. The first-order valence-electron chi connectivity index (χ1n) is 5.84. The van der Waals surface area contributed by atoms with Crippen LogP contribution in [0.1, 0.15) is 11.1 Å². The Kier molecular flexibility index (Phi) is 4.36. The van der Waals surface area contributed by atoms with Crippen LogP contribution in [0.3, 0.4) is 0 Å². The molecule has 0 fully saturated rings. The number of nitro groups is 1. The number of aliphatic hydroxyl groups is 1. The highest BCUT2D eigenvalue weighted by Crippen LogP contribution is 2.36. The molecule has 6 heteroatoms. The van der Waals surface area contributed by atoms with E-state index in [2.05, 4.69) is 15.9 Å². The van der Waals surface area contributed by atoms with E-state index >= 15 is 0 Å². The number of nitro benzene ring substituents is 1. The Morgan fingerprint density at radius 1 is 1.35 bits per heavy atom. The van der Waals surface area contributed by atoms with Crippen molar-refractivity contribution in [2.75, 3.05) is 0 Å². The van der Waals surface area contributed by atoms with Gasteiger partial charge < -0.3 is 9.84 Å². The Labute approximate surface area is 124 Å². The van der Waals surface area contributed by atoms with Crippen LogP contribution in [0.4, 0.5) is 5.69 Å². The summed E-state index contributed by atoms with van der Waals surface area (Å²) in [6.07, 6.45) is 0. The number of para-hydroxylation sites is 1. The molecule has 2 aromatic carbocycles. The Bertz CT molecular complexity index is 658. The van der Waals surface area contributed by atoms with Gasteiger partial charge in [-0.1, -0.05) is 34.1 Å². The van der Waals surface area contributed by atoms with E-state index in [1.165, 1.54) is 6.07 Å². The summed E-state index contributed by atoms with van der Waals surface area (Å²) in [5, 5.41) is 20.4. The lowest BCUT2D eigenvalue weighted by atomic mass is 10.2. The molecule has 20 heavy (non-hydrogen) atoms. The Hall–Kier alpha value is -1.92. The highest BCUT2D eigenvalue weighted by Gasteiger charge is 2.19. The number of benzene rings is 2. The second kappa shape index (κ2) is 6.02. The smallest absolute Gasteiger partial charge is 0.311 e. The second-order valence-electron chi connectivity index (χ2n) is 4.19. The average Bonchev–Trinajstić information content (AvgIpc) is 2.41. The number of hydrogen-bond donors (Lipinski definition) is 1. The molecule has 0 atom stereocenters. The number of ether oxygens (including phenoxy) is 1. The number of rotatable bonds is 4. The Balaban J connectivity index is 2.50. The molecule has 0 saturated heterocycles. The molecule has 0 aliphatic carbocycles. The van der Waals surface area contributed by atoms with Crippen LogP contribution in [0.25, 0.3) is 0 Å². The molecule has 2 aromatic rings. The summed E-state index contributed by atoms with van der Waals surface area (Å²) >= 11 is 3.31. The quantitative estimate of drug-likeness (QED) is 0.677. The van der Waals surface area contributed by atoms with E-state index in [1.807, 2.05) is 0 Å². The SMILES string of the molecule is Cc1cccc([N+](=O)[O-])c1Oc1cc(Br)ccc1CO. The first-order valence-corrected chi connectivity index (χ1v) is 6.63. The van der Waals surface area contributed by atoms with Crippen LogP contribution in [0.2, 0.25) is 0 Å². The number of hydrogen-bond acceptors (Lipinski definition) is 4. The molecule has 0 amide bonds. The zero-order chi connectivity index (χ0) is 14.7. The monoisotopic (exact) mass is 337 g/mol. The van der Waals surface area contributed by atoms with E-state index in [0.717, 1.165) is 4.47 Å². The van der Waals surface area contributed by atoms with E-state index in [1.54, 1.807) is 37.3 Å². The zero-order valence-corrected chi connectivity index (χ0v) is 12.3. The lowest BCUT2D eigenvalue weighted by Gasteiger charge is -2.12. The van der Waals surface area contributed by atoms with Gasteiger partial charge in [0.15, 0.2) is 0 Å². The van der Waals surface area contributed by atoms with Crippen molar-refractivity contribution >= 4 is 21.6 Å². The first-order chi connectivity index (χ1) is 9.52. The van der Waals surface area contributed by atoms with E-state index in [0.29, 0.717) is 16.9 Å². The van der Waals surface area contributed by atoms with Crippen molar-refractivity contribution in [2.45, 2.75) is 13.5 Å². The van der Waals surface area contributed by atoms with Gasteiger partial charge in [0.25, 0.3) is 0 Å². The van der Waals surface area contributed by atoms with Crippen LogP contribution in [-0.4, -0.2) is 10.0 Å². The third kappa shape index (κ3) is 2.97. The molecule has 0 radical (unpaired) electrons. The molecule has 104 valence electrons. The fourth-order valence-corrected chi connectivity index (χ4v) is 2.12. The molecule has 5 nitrogen and oxygen atoms in total. The van der Waals surface area contributed by atoms with Crippen LogP contribution >= 0.6 is 15.9 Å². The summed E-state index contributed by atoms with van der Waals surface area (Å²) in [7, 11) is 0. The van der Waals surface area contributed by atoms with Gasteiger partial charge in [0.1, 0.15) is 5.75 Å². The third-order valence-corrected chi connectivity index (χ3v) is 3.29. The predicted octanol–water partition coefficient (Wildman–Crippen LogP) is 3.95. The van der Waals surface area contributed by atoms with Crippen LogP contribution in [0.15, 0.2) is 40.9 Å². The summed E-state index contributed by atoms with van der Waals surface area (Å²) in [6.45, 7) is 1.53. The normalized spacial score (nSPS) is 10.3. The maximum absolute atomic E-state index is 11.1. The summed E-state index contributed by atoms with van der Waals surface area (Å²) < 4.78 is 6.44. The maximum Gasteiger partial charge on any atom is 0.311 e.